The molecule has 0 saturated carbocycles. The number of benzene rings is 2. The quantitative estimate of drug-likeness (QED) is 0.825. The van der Waals surface area contributed by atoms with Crippen LogP contribution in [0.3, 0.4) is 0 Å². The fraction of sp³-hybridized carbons (Fsp3) is 0.263. The summed E-state index contributed by atoms with van der Waals surface area (Å²) in [5, 5.41) is 12.6. The Morgan fingerprint density at radius 3 is 2.46 bits per heavy atom. The zero-order valence-corrected chi connectivity index (χ0v) is 14.0. The maximum absolute atomic E-state index is 12.1. The molecule has 2 aromatic carbocycles. The van der Waals surface area contributed by atoms with Gasteiger partial charge < -0.3 is 15.2 Å². The van der Waals surface area contributed by atoms with Crippen LogP contribution in [0.15, 0.2) is 42.5 Å². The molecule has 0 bridgehead atoms. The molecule has 126 valence electrons. The number of hydrogen-bond donors (Lipinski definition) is 2. The number of carbonyl (C=O) groups is 2. The number of esters is 1. The van der Waals surface area contributed by atoms with E-state index in [-0.39, 0.29) is 11.3 Å². The molecular formula is C19H21NO4. The van der Waals surface area contributed by atoms with Crippen LogP contribution in [0, 0.1) is 6.92 Å². The molecule has 2 N–H and O–H groups in total. The number of anilines is 1. The van der Waals surface area contributed by atoms with Gasteiger partial charge >= 0.3 is 5.97 Å². The zero-order valence-electron chi connectivity index (χ0n) is 14.0. The first kappa shape index (κ1) is 17.5. The summed E-state index contributed by atoms with van der Waals surface area (Å²) in [7, 11) is 0. The minimum Gasteiger partial charge on any atom is -0.507 e. The summed E-state index contributed by atoms with van der Waals surface area (Å²) >= 11 is 0. The highest BCUT2D eigenvalue weighted by Gasteiger charge is 2.21. The van der Waals surface area contributed by atoms with Gasteiger partial charge in [-0.05, 0) is 49.6 Å². The molecular weight excluding hydrogens is 306 g/mol. The van der Waals surface area contributed by atoms with Crippen LogP contribution in [0.4, 0.5) is 5.69 Å². The van der Waals surface area contributed by atoms with Crippen LogP contribution in [-0.4, -0.2) is 23.1 Å². The number of aromatic hydroxyl groups is 1. The summed E-state index contributed by atoms with van der Waals surface area (Å²) < 4.78 is 5.14. The van der Waals surface area contributed by atoms with Crippen molar-refractivity contribution in [1.29, 1.82) is 0 Å². The molecule has 0 saturated heterocycles. The number of carbonyl (C=O) groups excluding carboxylic acids is 2. The summed E-state index contributed by atoms with van der Waals surface area (Å²) in [6.45, 7) is 5.22. The Balaban J connectivity index is 2.00. The van der Waals surface area contributed by atoms with Gasteiger partial charge in [-0.25, -0.2) is 4.79 Å². The lowest BCUT2D eigenvalue weighted by atomic mass is 10.1. The summed E-state index contributed by atoms with van der Waals surface area (Å²) in [4.78, 5) is 24.2. The third-order valence-corrected chi connectivity index (χ3v) is 3.74. The van der Waals surface area contributed by atoms with E-state index >= 15 is 0 Å². The van der Waals surface area contributed by atoms with E-state index in [1.807, 2.05) is 12.1 Å². The van der Waals surface area contributed by atoms with Crippen molar-refractivity contribution in [3.63, 3.8) is 0 Å². The number of phenolic OH excluding ortho intramolecular Hbond substituents is 1. The Morgan fingerprint density at radius 2 is 1.83 bits per heavy atom. The van der Waals surface area contributed by atoms with Crippen molar-refractivity contribution >= 4 is 17.6 Å². The Hall–Kier alpha value is -2.82. The first-order chi connectivity index (χ1) is 11.4. The smallest absolute Gasteiger partial charge is 0.342 e. The molecule has 2 rings (SSSR count). The Morgan fingerprint density at radius 1 is 1.17 bits per heavy atom. The molecule has 5 nitrogen and oxygen atoms in total. The first-order valence-electron chi connectivity index (χ1n) is 7.81. The van der Waals surface area contributed by atoms with Gasteiger partial charge in [-0.3, -0.25) is 4.79 Å². The second-order valence-electron chi connectivity index (χ2n) is 5.56. The van der Waals surface area contributed by atoms with Crippen LogP contribution >= 0.6 is 0 Å². The SMILES string of the molecule is CCc1ccc(NC(=O)[C@H](C)OC(=O)c2cccc(C)c2O)cc1. The van der Waals surface area contributed by atoms with Gasteiger partial charge in [0.05, 0.1) is 0 Å². The van der Waals surface area contributed by atoms with Gasteiger partial charge in [0, 0.05) is 5.69 Å². The maximum atomic E-state index is 12.1. The summed E-state index contributed by atoms with van der Waals surface area (Å²) in [5.74, 6) is -1.30. The molecule has 5 heteroatoms. The largest absolute Gasteiger partial charge is 0.507 e. The first-order valence-corrected chi connectivity index (χ1v) is 7.81. The van der Waals surface area contributed by atoms with Crippen molar-refractivity contribution in [3.8, 4) is 5.75 Å². The van der Waals surface area contributed by atoms with Crippen molar-refractivity contribution in [2.24, 2.45) is 0 Å². The molecule has 1 amide bonds. The second kappa shape index (κ2) is 7.64. The number of aryl methyl sites for hydroxylation is 2. The maximum Gasteiger partial charge on any atom is 0.342 e. The van der Waals surface area contributed by atoms with Crippen molar-refractivity contribution in [2.45, 2.75) is 33.3 Å². The topological polar surface area (TPSA) is 75.6 Å². The molecule has 0 aliphatic carbocycles. The standard InChI is InChI=1S/C19H21NO4/c1-4-14-8-10-15(11-9-14)20-18(22)13(3)24-19(23)16-7-5-6-12(2)17(16)21/h5-11,13,21H,4H2,1-3H3,(H,20,22)/t13-/m0/s1. The van der Waals surface area contributed by atoms with Gasteiger partial charge in [-0.1, -0.05) is 31.2 Å². The summed E-state index contributed by atoms with van der Waals surface area (Å²) in [6.07, 6.45) is -0.0642. The van der Waals surface area contributed by atoms with Crippen LogP contribution in [0.5, 0.6) is 5.75 Å². The lowest BCUT2D eigenvalue weighted by Gasteiger charge is -2.14. The van der Waals surface area contributed by atoms with Gasteiger partial charge in [0.1, 0.15) is 11.3 Å². The van der Waals surface area contributed by atoms with Crippen molar-refractivity contribution in [1.82, 2.24) is 0 Å². The van der Waals surface area contributed by atoms with Gasteiger partial charge in [0.2, 0.25) is 0 Å². The average molecular weight is 327 g/mol. The normalized spacial score (nSPS) is 11.6. The number of rotatable bonds is 5. The van der Waals surface area contributed by atoms with E-state index in [1.165, 1.54) is 18.6 Å². The predicted molar refractivity (Wildman–Crippen MR) is 92.2 cm³/mol. The van der Waals surface area contributed by atoms with E-state index in [2.05, 4.69) is 12.2 Å². The third kappa shape index (κ3) is 4.13. The highest BCUT2D eigenvalue weighted by Crippen LogP contribution is 2.22. The molecule has 0 aliphatic rings. The Labute approximate surface area is 141 Å². The van der Waals surface area contributed by atoms with Crippen LogP contribution in [-0.2, 0) is 16.0 Å². The number of ether oxygens (including phenoxy) is 1. The average Bonchev–Trinajstić information content (AvgIpc) is 2.57. The van der Waals surface area contributed by atoms with E-state index in [0.717, 1.165) is 6.42 Å². The van der Waals surface area contributed by atoms with Crippen molar-refractivity contribution in [3.05, 3.63) is 59.2 Å². The van der Waals surface area contributed by atoms with Crippen LogP contribution in [0.25, 0.3) is 0 Å². The van der Waals surface area contributed by atoms with Gasteiger partial charge in [0.15, 0.2) is 6.10 Å². The summed E-state index contributed by atoms with van der Waals surface area (Å²) in [5.41, 5.74) is 2.42. The Bertz CT molecular complexity index is 738. The van der Waals surface area contributed by atoms with Crippen LogP contribution < -0.4 is 5.32 Å². The lowest BCUT2D eigenvalue weighted by Crippen LogP contribution is -2.30. The van der Waals surface area contributed by atoms with Crippen molar-refractivity contribution in [2.75, 3.05) is 5.32 Å². The minimum atomic E-state index is -0.983. The molecule has 0 aromatic heterocycles. The Kier molecular flexibility index (Phi) is 5.58. The van der Waals surface area contributed by atoms with Gasteiger partial charge in [-0.2, -0.15) is 0 Å². The molecule has 0 spiro atoms. The molecule has 1 atom stereocenters. The third-order valence-electron chi connectivity index (χ3n) is 3.74. The second-order valence-corrected chi connectivity index (χ2v) is 5.56. The molecule has 0 radical (unpaired) electrons. The van der Waals surface area contributed by atoms with E-state index in [0.29, 0.717) is 11.3 Å². The van der Waals surface area contributed by atoms with E-state index < -0.39 is 18.0 Å². The van der Waals surface area contributed by atoms with Gasteiger partial charge in [-0.15, -0.1) is 0 Å². The predicted octanol–water partition coefficient (Wildman–Crippen LogP) is 3.45. The monoisotopic (exact) mass is 327 g/mol. The number of amides is 1. The van der Waals surface area contributed by atoms with E-state index in [1.54, 1.807) is 31.2 Å². The molecule has 0 unspecified atom stereocenters. The lowest BCUT2D eigenvalue weighted by molar-refractivity contribution is -0.123. The number of phenols is 1. The molecule has 2 aromatic rings. The molecule has 0 fully saturated rings. The fourth-order valence-corrected chi connectivity index (χ4v) is 2.17. The summed E-state index contributed by atoms with van der Waals surface area (Å²) in [6, 6.07) is 12.2. The number of hydrogen-bond acceptors (Lipinski definition) is 4. The highest BCUT2D eigenvalue weighted by atomic mass is 16.5. The zero-order chi connectivity index (χ0) is 17.7. The van der Waals surface area contributed by atoms with Crippen LogP contribution in [0.1, 0.15) is 35.3 Å². The number of nitrogens with one attached hydrogen (secondary N) is 1. The van der Waals surface area contributed by atoms with Crippen LogP contribution in [0.2, 0.25) is 0 Å². The fourth-order valence-electron chi connectivity index (χ4n) is 2.17. The highest BCUT2D eigenvalue weighted by molar-refractivity contribution is 5.98. The van der Waals surface area contributed by atoms with E-state index in [4.69, 9.17) is 4.74 Å². The van der Waals surface area contributed by atoms with Crippen molar-refractivity contribution < 1.29 is 19.4 Å². The van der Waals surface area contributed by atoms with E-state index in [9.17, 15) is 14.7 Å². The minimum absolute atomic E-state index is 0.0435. The molecule has 0 aliphatic heterocycles. The molecule has 0 heterocycles. The molecule has 24 heavy (non-hydrogen) atoms. The number of para-hydroxylation sites is 1. The van der Waals surface area contributed by atoms with Gasteiger partial charge in [0.25, 0.3) is 5.91 Å².